The van der Waals surface area contributed by atoms with E-state index in [-0.39, 0.29) is 12.2 Å². The molecule has 0 atom stereocenters. The molecular formula is C22H23N3O4. The first-order valence-corrected chi connectivity index (χ1v) is 9.30. The lowest BCUT2D eigenvalue weighted by atomic mass is 10.1. The first kappa shape index (κ1) is 20.1. The van der Waals surface area contributed by atoms with Crippen LogP contribution in [0.3, 0.4) is 0 Å². The van der Waals surface area contributed by atoms with Crippen LogP contribution in [0.15, 0.2) is 48.2 Å². The van der Waals surface area contributed by atoms with Gasteiger partial charge in [0.25, 0.3) is 5.91 Å². The number of amides is 4. The van der Waals surface area contributed by atoms with E-state index in [0.29, 0.717) is 5.69 Å². The largest absolute Gasteiger partial charge is 0.496 e. The molecule has 7 heteroatoms. The van der Waals surface area contributed by atoms with Crippen LogP contribution in [-0.4, -0.2) is 36.4 Å². The lowest BCUT2D eigenvalue weighted by molar-refractivity contribution is -0.127. The molecule has 150 valence electrons. The Morgan fingerprint density at radius 2 is 1.97 bits per heavy atom. The highest BCUT2D eigenvalue weighted by Gasteiger charge is 2.35. The Balaban J connectivity index is 1.72. The summed E-state index contributed by atoms with van der Waals surface area (Å²) >= 11 is 0. The number of nitrogens with zero attached hydrogens (tertiary/aromatic N) is 1. The second-order valence-electron chi connectivity index (χ2n) is 6.67. The number of rotatable bonds is 6. The van der Waals surface area contributed by atoms with Crippen LogP contribution in [0.5, 0.6) is 5.75 Å². The van der Waals surface area contributed by atoms with Gasteiger partial charge in [0.1, 0.15) is 18.0 Å². The number of nitrogens with one attached hydrogen (secondary N) is 2. The van der Waals surface area contributed by atoms with E-state index in [9.17, 15) is 14.4 Å². The van der Waals surface area contributed by atoms with Gasteiger partial charge >= 0.3 is 6.03 Å². The number of para-hydroxylation sites is 1. The van der Waals surface area contributed by atoms with Crippen LogP contribution < -0.4 is 15.4 Å². The lowest BCUT2D eigenvalue weighted by Crippen LogP contribution is -2.38. The summed E-state index contributed by atoms with van der Waals surface area (Å²) in [6.45, 7) is 3.52. The predicted octanol–water partition coefficient (Wildman–Crippen LogP) is 3.10. The normalized spacial score (nSPS) is 14.9. The number of ether oxygens (including phenoxy) is 1. The van der Waals surface area contributed by atoms with Gasteiger partial charge in [0.05, 0.1) is 7.11 Å². The molecule has 1 heterocycles. The molecule has 0 unspecified atom stereocenters. The second kappa shape index (κ2) is 8.60. The Kier molecular flexibility index (Phi) is 5.97. The van der Waals surface area contributed by atoms with Gasteiger partial charge in [-0.1, -0.05) is 31.2 Å². The molecule has 2 N–H and O–H groups in total. The Bertz CT molecular complexity index is 997. The molecule has 4 amide bonds. The van der Waals surface area contributed by atoms with Crippen LogP contribution in [0.1, 0.15) is 23.6 Å². The third-order valence-corrected chi connectivity index (χ3v) is 4.67. The fraction of sp³-hybridized carbons (Fsp3) is 0.227. The highest BCUT2D eigenvalue weighted by Crippen LogP contribution is 2.21. The molecule has 0 aromatic heterocycles. The molecule has 7 nitrogen and oxygen atoms in total. The molecule has 29 heavy (non-hydrogen) atoms. The zero-order valence-electron chi connectivity index (χ0n) is 16.6. The number of anilines is 1. The highest BCUT2D eigenvalue weighted by atomic mass is 16.5. The SMILES string of the molecule is CCc1ccccc1NC(=O)CN1C(=O)N/C(=C/c2ccc(OC)c(C)c2)C1=O. The van der Waals surface area contributed by atoms with Crippen molar-refractivity contribution in [1.29, 1.82) is 0 Å². The number of aryl methyl sites for hydroxylation is 2. The molecule has 0 bridgehead atoms. The summed E-state index contributed by atoms with van der Waals surface area (Å²) in [5.74, 6) is -0.238. The smallest absolute Gasteiger partial charge is 0.329 e. The Morgan fingerprint density at radius 3 is 2.66 bits per heavy atom. The van der Waals surface area contributed by atoms with E-state index in [1.165, 1.54) is 0 Å². The van der Waals surface area contributed by atoms with Crippen molar-refractivity contribution in [1.82, 2.24) is 10.2 Å². The topological polar surface area (TPSA) is 87.7 Å². The number of methoxy groups -OCH3 is 1. The standard InChI is InChI=1S/C22H23N3O4/c1-4-16-7-5-6-8-17(16)23-20(26)13-25-21(27)18(24-22(25)28)12-15-9-10-19(29-3)14(2)11-15/h5-12H,4,13H2,1-3H3,(H,23,26)(H,24,28)/b18-12+. The number of hydrogen-bond acceptors (Lipinski definition) is 4. The van der Waals surface area contributed by atoms with Gasteiger partial charge in [-0.3, -0.25) is 9.59 Å². The predicted molar refractivity (Wildman–Crippen MR) is 110 cm³/mol. The summed E-state index contributed by atoms with van der Waals surface area (Å²) in [7, 11) is 1.59. The molecule has 3 rings (SSSR count). The average Bonchev–Trinajstić information content (AvgIpc) is 2.96. The molecule has 2 aromatic rings. The highest BCUT2D eigenvalue weighted by molar-refractivity contribution is 6.16. The van der Waals surface area contributed by atoms with Gasteiger partial charge in [0.15, 0.2) is 0 Å². The van der Waals surface area contributed by atoms with Gasteiger partial charge in [-0.05, 0) is 54.3 Å². The van der Waals surface area contributed by atoms with Crippen LogP contribution in [-0.2, 0) is 16.0 Å². The fourth-order valence-corrected chi connectivity index (χ4v) is 3.16. The molecule has 0 radical (unpaired) electrons. The van der Waals surface area contributed by atoms with Crippen LogP contribution in [0.4, 0.5) is 10.5 Å². The second-order valence-corrected chi connectivity index (χ2v) is 6.67. The van der Waals surface area contributed by atoms with Crippen molar-refractivity contribution in [3.05, 3.63) is 64.9 Å². The van der Waals surface area contributed by atoms with Gasteiger partial charge in [-0.15, -0.1) is 0 Å². The van der Waals surface area contributed by atoms with Gasteiger partial charge in [0, 0.05) is 5.69 Å². The molecule has 0 spiro atoms. The van der Waals surface area contributed by atoms with Crippen molar-refractivity contribution in [3.8, 4) is 5.75 Å². The quantitative estimate of drug-likeness (QED) is 0.583. The van der Waals surface area contributed by atoms with Crippen molar-refractivity contribution in [2.75, 3.05) is 19.0 Å². The van der Waals surface area contributed by atoms with Gasteiger partial charge in [0.2, 0.25) is 5.91 Å². The number of benzene rings is 2. The van der Waals surface area contributed by atoms with Crippen LogP contribution in [0.25, 0.3) is 6.08 Å². The van der Waals surface area contributed by atoms with Crippen molar-refractivity contribution >= 4 is 29.6 Å². The molecule has 2 aromatic carbocycles. The summed E-state index contributed by atoms with van der Waals surface area (Å²) in [6, 6.07) is 12.2. The zero-order valence-corrected chi connectivity index (χ0v) is 16.6. The first-order chi connectivity index (χ1) is 13.9. The summed E-state index contributed by atoms with van der Waals surface area (Å²) in [5.41, 5.74) is 3.44. The zero-order chi connectivity index (χ0) is 21.0. The summed E-state index contributed by atoms with van der Waals surface area (Å²) in [6.07, 6.45) is 2.34. The van der Waals surface area contributed by atoms with Gasteiger partial charge in [-0.25, -0.2) is 9.69 Å². The lowest BCUT2D eigenvalue weighted by Gasteiger charge is -2.13. The Morgan fingerprint density at radius 1 is 1.21 bits per heavy atom. The Hall–Kier alpha value is -3.61. The van der Waals surface area contributed by atoms with Crippen LogP contribution in [0, 0.1) is 6.92 Å². The molecule has 0 aliphatic carbocycles. The van der Waals surface area contributed by atoms with Crippen LogP contribution >= 0.6 is 0 Å². The van der Waals surface area contributed by atoms with E-state index in [4.69, 9.17) is 4.74 Å². The van der Waals surface area contributed by atoms with E-state index >= 15 is 0 Å². The number of carbonyl (C=O) groups excluding carboxylic acids is 3. The van der Waals surface area contributed by atoms with Crippen molar-refractivity contribution in [2.24, 2.45) is 0 Å². The van der Waals surface area contributed by atoms with Crippen molar-refractivity contribution in [3.63, 3.8) is 0 Å². The maximum absolute atomic E-state index is 12.6. The summed E-state index contributed by atoms with van der Waals surface area (Å²) < 4.78 is 5.22. The molecule has 1 aliphatic heterocycles. The summed E-state index contributed by atoms with van der Waals surface area (Å²) in [4.78, 5) is 38.1. The monoisotopic (exact) mass is 393 g/mol. The average molecular weight is 393 g/mol. The maximum atomic E-state index is 12.6. The molecule has 1 fully saturated rings. The minimum absolute atomic E-state index is 0.126. The van der Waals surface area contributed by atoms with E-state index in [0.717, 1.165) is 33.8 Å². The maximum Gasteiger partial charge on any atom is 0.329 e. The number of carbonyl (C=O) groups is 3. The first-order valence-electron chi connectivity index (χ1n) is 9.30. The minimum atomic E-state index is -0.620. The van der Waals surface area contributed by atoms with E-state index in [2.05, 4.69) is 10.6 Å². The Labute approximate surface area is 169 Å². The molecule has 0 saturated carbocycles. The van der Waals surface area contributed by atoms with Crippen LogP contribution in [0.2, 0.25) is 0 Å². The van der Waals surface area contributed by atoms with E-state index in [1.807, 2.05) is 38.1 Å². The number of urea groups is 1. The number of imide groups is 1. The molecule has 1 aliphatic rings. The number of hydrogen-bond donors (Lipinski definition) is 2. The third kappa shape index (κ3) is 4.45. The fourth-order valence-electron chi connectivity index (χ4n) is 3.16. The minimum Gasteiger partial charge on any atom is -0.496 e. The summed E-state index contributed by atoms with van der Waals surface area (Å²) in [5, 5.41) is 5.30. The molecule has 1 saturated heterocycles. The van der Waals surface area contributed by atoms with E-state index in [1.54, 1.807) is 31.4 Å². The third-order valence-electron chi connectivity index (χ3n) is 4.67. The molecular weight excluding hydrogens is 370 g/mol. The van der Waals surface area contributed by atoms with E-state index < -0.39 is 17.8 Å². The van der Waals surface area contributed by atoms with Crippen molar-refractivity contribution < 1.29 is 19.1 Å². The van der Waals surface area contributed by atoms with Crippen molar-refractivity contribution in [2.45, 2.75) is 20.3 Å². The van der Waals surface area contributed by atoms with Gasteiger partial charge < -0.3 is 15.4 Å². The van der Waals surface area contributed by atoms with Gasteiger partial charge in [-0.2, -0.15) is 0 Å².